The molecule has 3 aromatic rings. The van der Waals surface area contributed by atoms with Gasteiger partial charge in [-0.1, -0.05) is 115 Å². The Labute approximate surface area is 206 Å². The Morgan fingerprint density at radius 3 is 1.18 bits per heavy atom. The first-order chi connectivity index (χ1) is 16.0. The predicted molar refractivity (Wildman–Crippen MR) is 146 cm³/mol. The van der Waals surface area contributed by atoms with Crippen LogP contribution in [0.4, 0.5) is 0 Å². The molecule has 0 atom stereocenters. The highest BCUT2D eigenvalue weighted by Crippen LogP contribution is 2.32. The highest BCUT2D eigenvalue weighted by atomic mass is 16.5. The van der Waals surface area contributed by atoms with Crippen molar-refractivity contribution in [3.05, 3.63) is 107 Å². The van der Waals surface area contributed by atoms with Crippen LogP contribution in [0.5, 0.6) is 11.5 Å². The number of hydrogen-bond acceptors (Lipinski definition) is 2. The minimum Gasteiger partial charge on any atom is -0.488 e. The van der Waals surface area contributed by atoms with E-state index in [1.165, 1.54) is 11.1 Å². The van der Waals surface area contributed by atoms with Crippen LogP contribution < -0.4 is 9.47 Å². The molecule has 0 fully saturated rings. The molecule has 0 aliphatic heterocycles. The summed E-state index contributed by atoms with van der Waals surface area (Å²) in [6, 6.07) is 21.2. The van der Waals surface area contributed by atoms with Gasteiger partial charge in [-0.2, -0.15) is 0 Å². The number of benzene rings is 3. The molecule has 0 amide bonds. The van der Waals surface area contributed by atoms with E-state index < -0.39 is 0 Å². The highest BCUT2D eigenvalue weighted by molar-refractivity contribution is 5.66. The van der Waals surface area contributed by atoms with Crippen molar-refractivity contribution in [1.82, 2.24) is 0 Å². The van der Waals surface area contributed by atoms with Gasteiger partial charge in [0.2, 0.25) is 0 Å². The van der Waals surface area contributed by atoms with Crippen molar-refractivity contribution in [3.63, 3.8) is 0 Å². The van der Waals surface area contributed by atoms with Crippen LogP contribution in [0.2, 0.25) is 0 Å². The van der Waals surface area contributed by atoms with Crippen molar-refractivity contribution in [2.45, 2.75) is 65.6 Å². The summed E-state index contributed by atoms with van der Waals surface area (Å²) < 4.78 is 12.3. The standard InChI is InChI=1S/C32H38O2/c1-9-25-19-30(34-22-24-13-17-28(18-14-24)32(6,7)8)26(10-2)20-29(25)33-21-23-11-15-27(16-12-23)31(3,4)5/h9-20H,1-2,21-22H2,3-8H3. The normalized spacial score (nSPS) is 11.7. The maximum atomic E-state index is 6.17. The molecule has 178 valence electrons. The van der Waals surface area contributed by atoms with E-state index in [0.29, 0.717) is 13.2 Å². The van der Waals surface area contributed by atoms with Crippen LogP contribution in [0.25, 0.3) is 12.2 Å². The van der Waals surface area contributed by atoms with Crippen molar-refractivity contribution >= 4 is 12.2 Å². The van der Waals surface area contributed by atoms with Crippen molar-refractivity contribution in [2.24, 2.45) is 0 Å². The number of rotatable bonds is 8. The lowest BCUT2D eigenvalue weighted by Crippen LogP contribution is -2.11. The predicted octanol–water partition coefficient (Wildman–Crippen LogP) is 8.73. The molecule has 0 aliphatic rings. The van der Waals surface area contributed by atoms with E-state index >= 15 is 0 Å². The SMILES string of the molecule is C=Cc1cc(OCc2ccc(C(C)(C)C)cc2)c(C=C)cc1OCc1ccc(C(C)(C)C)cc1. The van der Waals surface area contributed by atoms with Crippen LogP contribution in [0, 0.1) is 0 Å². The zero-order chi connectivity index (χ0) is 24.9. The largest absolute Gasteiger partial charge is 0.488 e. The van der Waals surface area contributed by atoms with Gasteiger partial charge in [0.05, 0.1) is 0 Å². The van der Waals surface area contributed by atoms with Gasteiger partial charge in [-0.3, -0.25) is 0 Å². The molecular weight excluding hydrogens is 416 g/mol. The van der Waals surface area contributed by atoms with Gasteiger partial charge in [0, 0.05) is 11.1 Å². The lowest BCUT2D eigenvalue weighted by molar-refractivity contribution is 0.296. The van der Waals surface area contributed by atoms with E-state index in [1.54, 1.807) is 12.2 Å². The van der Waals surface area contributed by atoms with Gasteiger partial charge in [-0.05, 0) is 45.2 Å². The van der Waals surface area contributed by atoms with Gasteiger partial charge in [0.15, 0.2) is 0 Å². The molecule has 0 saturated carbocycles. The summed E-state index contributed by atoms with van der Waals surface area (Å²) in [5.41, 5.74) is 6.95. The van der Waals surface area contributed by atoms with Crippen LogP contribution in [0.15, 0.2) is 73.8 Å². The quantitative estimate of drug-likeness (QED) is 0.339. The van der Waals surface area contributed by atoms with Gasteiger partial charge in [-0.15, -0.1) is 0 Å². The van der Waals surface area contributed by atoms with Gasteiger partial charge < -0.3 is 9.47 Å². The minimum atomic E-state index is 0.138. The fourth-order valence-electron chi connectivity index (χ4n) is 3.68. The molecule has 0 heterocycles. The van der Waals surface area contributed by atoms with Crippen molar-refractivity contribution in [3.8, 4) is 11.5 Å². The first-order valence-electron chi connectivity index (χ1n) is 11.9. The van der Waals surface area contributed by atoms with Crippen molar-refractivity contribution < 1.29 is 9.47 Å². The van der Waals surface area contributed by atoms with Gasteiger partial charge in [-0.25, -0.2) is 0 Å². The third kappa shape index (κ3) is 6.41. The smallest absolute Gasteiger partial charge is 0.127 e. The summed E-state index contributed by atoms with van der Waals surface area (Å²) in [6.07, 6.45) is 3.60. The molecule has 3 rings (SSSR count). The van der Waals surface area contributed by atoms with Crippen LogP contribution >= 0.6 is 0 Å². The fourth-order valence-corrected chi connectivity index (χ4v) is 3.68. The summed E-state index contributed by atoms with van der Waals surface area (Å²) in [5, 5.41) is 0. The number of hydrogen-bond donors (Lipinski definition) is 0. The van der Waals surface area contributed by atoms with Crippen molar-refractivity contribution in [2.75, 3.05) is 0 Å². The Kier molecular flexibility index (Phi) is 7.71. The molecule has 0 aliphatic carbocycles. The molecule has 0 N–H and O–H groups in total. The summed E-state index contributed by atoms with van der Waals surface area (Å²) >= 11 is 0. The van der Waals surface area contributed by atoms with E-state index in [1.807, 2.05) is 12.1 Å². The van der Waals surface area contributed by atoms with Crippen LogP contribution in [0.1, 0.15) is 74.9 Å². The van der Waals surface area contributed by atoms with E-state index in [2.05, 4.69) is 103 Å². The summed E-state index contributed by atoms with van der Waals surface area (Å²) in [4.78, 5) is 0. The Morgan fingerprint density at radius 2 is 0.912 bits per heavy atom. The Hall–Kier alpha value is -3.26. The lowest BCUT2D eigenvalue weighted by atomic mass is 9.87. The van der Waals surface area contributed by atoms with E-state index in [0.717, 1.165) is 33.8 Å². The molecule has 0 bridgehead atoms. The summed E-state index contributed by atoms with van der Waals surface area (Å²) in [7, 11) is 0. The average molecular weight is 455 g/mol. The Balaban J connectivity index is 1.72. The Morgan fingerprint density at radius 1 is 0.588 bits per heavy atom. The molecule has 0 spiro atoms. The first kappa shape index (κ1) is 25.4. The maximum Gasteiger partial charge on any atom is 0.127 e. The molecule has 0 radical (unpaired) electrons. The van der Waals surface area contributed by atoms with Gasteiger partial charge in [0.1, 0.15) is 24.7 Å². The molecule has 0 unspecified atom stereocenters. The van der Waals surface area contributed by atoms with Crippen LogP contribution in [0.3, 0.4) is 0 Å². The second kappa shape index (κ2) is 10.3. The topological polar surface area (TPSA) is 18.5 Å². The minimum absolute atomic E-state index is 0.138. The summed E-state index contributed by atoms with van der Waals surface area (Å²) in [6.45, 7) is 22.2. The molecular formula is C32H38O2. The molecule has 34 heavy (non-hydrogen) atoms. The monoisotopic (exact) mass is 454 g/mol. The molecule has 2 heteroatoms. The second-order valence-corrected chi connectivity index (χ2v) is 10.8. The molecule has 0 saturated heterocycles. The van der Waals surface area contributed by atoms with E-state index in [9.17, 15) is 0 Å². The van der Waals surface area contributed by atoms with Crippen molar-refractivity contribution in [1.29, 1.82) is 0 Å². The first-order valence-corrected chi connectivity index (χ1v) is 11.9. The molecule has 0 aromatic heterocycles. The average Bonchev–Trinajstić information content (AvgIpc) is 2.80. The third-order valence-corrected chi connectivity index (χ3v) is 6.01. The zero-order valence-electron chi connectivity index (χ0n) is 21.6. The highest BCUT2D eigenvalue weighted by Gasteiger charge is 2.15. The van der Waals surface area contributed by atoms with E-state index in [4.69, 9.17) is 9.47 Å². The third-order valence-electron chi connectivity index (χ3n) is 6.01. The fraction of sp³-hybridized carbons (Fsp3) is 0.312. The molecule has 3 aromatic carbocycles. The summed E-state index contributed by atoms with van der Waals surface area (Å²) in [5.74, 6) is 1.54. The van der Waals surface area contributed by atoms with Gasteiger partial charge in [0.25, 0.3) is 0 Å². The van der Waals surface area contributed by atoms with Gasteiger partial charge >= 0.3 is 0 Å². The lowest BCUT2D eigenvalue weighted by Gasteiger charge is -2.20. The Bertz CT molecular complexity index is 1030. The van der Waals surface area contributed by atoms with Crippen LogP contribution in [-0.4, -0.2) is 0 Å². The maximum absolute atomic E-state index is 6.17. The zero-order valence-corrected chi connectivity index (χ0v) is 21.6. The second-order valence-electron chi connectivity index (χ2n) is 10.8. The number of ether oxygens (including phenoxy) is 2. The molecule has 2 nitrogen and oxygen atoms in total. The van der Waals surface area contributed by atoms with Crippen LogP contribution in [-0.2, 0) is 24.0 Å². The van der Waals surface area contributed by atoms with E-state index in [-0.39, 0.29) is 10.8 Å².